The second-order valence-electron chi connectivity index (χ2n) is 25.0. The first-order valence-electron chi connectivity index (χ1n) is 37.0. The Bertz CT molecular complexity index is 1500. The van der Waals surface area contributed by atoms with Crippen LogP contribution in [-0.4, -0.2) is 34.9 Å². The van der Waals surface area contributed by atoms with Crippen molar-refractivity contribution in [2.75, 3.05) is 6.61 Å². The van der Waals surface area contributed by atoms with E-state index in [1.54, 1.807) is 6.08 Å². The highest BCUT2D eigenvalue weighted by Crippen LogP contribution is 2.19. The molecule has 0 aromatic carbocycles. The highest BCUT2D eigenvalue weighted by atomic mass is 16.3. The zero-order valence-corrected chi connectivity index (χ0v) is 55.7. The fraction of sp³-hybridized carbons (Fsp3) is 0.785. The number of amides is 1. The Morgan fingerprint density at radius 1 is 0.301 bits per heavy atom. The van der Waals surface area contributed by atoms with Crippen molar-refractivity contribution >= 4 is 5.91 Å². The predicted octanol–water partition coefficient (Wildman–Crippen LogP) is 25.5. The molecule has 0 fully saturated rings. The molecule has 0 spiro atoms. The summed E-state index contributed by atoms with van der Waals surface area (Å²) >= 11 is 0. The maximum atomic E-state index is 12.6. The number of unbranched alkanes of at least 4 members (excludes halogenated alkanes) is 47. The molecule has 0 saturated heterocycles. The minimum atomic E-state index is -0.867. The van der Waals surface area contributed by atoms with E-state index < -0.39 is 12.1 Å². The Morgan fingerprint density at radius 3 is 0.843 bits per heavy atom. The number of aliphatic hydroxyl groups is 2. The smallest absolute Gasteiger partial charge is 0.220 e. The van der Waals surface area contributed by atoms with Crippen LogP contribution in [0.4, 0.5) is 0 Å². The van der Waals surface area contributed by atoms with Crippen molar-refractivity contribution in [2.24, 2.45) is 0 Å². The standard InChI is InChI=1S/C79H143NO3/c1-3-5-7-9-11-13-15-17-19-21-23-25-27-29-31-33-35-37-38-39-40-41-42-43-45-47-49-51-53-55-57-59-61-63-65-67-69-71-73-75-79(83)80-77(76-81)78(82)74-72-70-68-66-64-62-60-58-56-54-52-50-48-46-44-36-34-32-30-28-26-24-22-20-18-16-14-12-10-8-6-4-2/h5,7,11,13,17,19,23,25,29,31,35,37,64,66,72,74,77-78,81-82H,3-4,6,8-10,12,14-16,18,20-22,24,26-28,30,32-34,36,38-63,65,67-71,73,75-76H2,1-2H3,(H,80,83)/b7-5-,13-11-,19-17-,25-23-,31-29-,37-35-,66-64+,74-72+. The van der Waals surface area contributed by atoms with Gasteiger partial charge in [0.25, 0.3) is 0 Å². The Morgan fingerprint density at radius 2 is 0.542 bits per heavy atom. The van der Waals surface area contributed by atoms with Crippen molar-refractivity contribution < 1.29 is 15.0 Å². The SMILES string of the molecule is CC/C=C\C/C=C\C/C=C\C/C=C\C/C=C\C/C=C\CCCCCCCCCCCCCCCCCCCCCCC(=O)NC(CO)C(O)/C=C/CC/C=C/CCCCCCCCCCCCCCCCCCCCCCCCCCCC. The van der Waals surface area contributed by atoms with Gasteiger partial charge in [-0.15, -0.1) is 0 Å². The Labute approximate surface area is 519 Å². The van der Waals surface area contributed by atoms with Crippen molar-refractivity contribution in [2.45, 2.75) is 392 Å². The van der Waals surface area contributed by atoms with E-state index in [0.29, 0.717) is 6.42 Å². The third-order valence-electron chi connectivity index (χ3n) is 16.8. The first-order chi connectivity index (χ1) is 41.2. The van der Waals surface area contributed by atoms with Gasteiger partial charge in [-0.3, -0.25) is 4.79 Å². The lowest BCUT2D eigenvalue weighted by Gasteiger charge is -2.19. The molecule has 83 heavy (non-hydrogen) atoms. The number of carbonyl (C=O) groups is 1. The lowest BCUT2D eigenvalue weighted by atomic mass is 10.0. The van der Waals surface area contributed by atoms with Crippen LogP contribution in [0.1, 0.15) is 380 Å². The summed E-state index contributed by atoms with van der Waals surface area (Å²) in [5, 5.41) is 23.3. The van der Waals surface area contributed by atoms with E-state index in [0.717, 1.165) is 70.6 Å². The summed E-state index contributed by atoms with van der Waals surface area (Å²) in [4.78, 5) is 12.6. The fourth-order valence-electron chi connectivity index (χ4n) is 11.3. The lowest BCUT2D eigenvalue weighted by Crippen LogP contribution is -2.45. The molecule has 0 aromatic heterocycles. The van der Waals surface area contributed by atoms with Crippen molar-refractivity contribution in [3.63, 3.8) is 0 Å². The molecule has 4 nitrogen and oxygen atoms in total. The van der Waals surface area contributed by atoms with Crippen LogP contribution in [0.2, 0.25) is 0 Å². The second kappa shape index (κ2) is 73.6. The van der Waals surface area contributed by atoms with E-state index in [9.17, 15) is 15.0 Å². The van der Waals surface area contributed by atoms with E-state index in [1.165, 1.54) is 289 Å². The average Bonchev–Trinajstić information content (AvgIpc) is 3.51. The molecule has 0 bridgehead atoms. The second-order valence-corrected chi connectivity index (χ2v) is 25.0. The number of hydrogen-bond donors (Lipinski definition) is 3. The van der Waals surface area contributed by atoms with Gasteiger partial charge >= 0.3 is 0 Å². The van der Waals surface area contributed by atoms with Crippen LogP contribution in [0, 0.1) is 0 Å². The Hall–Kier alpha value is -2.69. The van der Waals surface area contributed by atoms with Crippen LogP contribution in [-0.2, 0) is 4.79 Å². The molecule has 0 aliphatic carbocycles. The third-order valence-corrected chi connectivity index (χ3v) is 16.8. The molecular weight excluding hydrogens is 1010 g/mol. The molecular formula is C79H143NO3. The Kier molecular flexibility index (Phi) is 71.2. The maximum absolute atomic E-state index is 12.6. The van der Waals surface area contributed by atoms with E-state index in [-0.39, 0.29) is 12.5 Å². The Balaban J connectivity index is 3.47. The summed E-state index contributed by atoms with van der Waals surface area (Å²) in [6.07, 6.45) is 109. The first-order valence-corrected chi connectivity index (χ1v) is 37.0. The third kappa shape index (κ3) is 70.0. The van der Waals surface area contributed by atoms with Gasteiger partial charge in [0.05, 0.1) is 18.8 Å². The van der Waals surface area contributed by atoms with Gasteiger partial charge in [-0.1, -0.05) is 387 Å². The zero-order chi connectivity index (χ0) is 59.8. The molecule has 3 N–H and O–H groups in total. The lowest BCUT2D eigenvalue weighted by molar-refractivity contribution is -0.123. The number of rotatable bonds is 68. The summed E-state index contributed by atoms with van der Waals surface area (Å²) in [6, 6.07) is -0.644. The summed E-state index contributed by atoms with van der Waals surface area (Å²) in [6.45, 7) is 4.22. The number of allylic oxidation sites excluding steroid dienone is 15. The van der Waals surface area contributed by atoms with Gasteiger partial charge in [-0.25, -0.2) is 0 Å². The number of hydrogen-bond acceptors (Lipinski definition) is 3. The topological polar surface area (TPSA) is 69.6 Å². The summed E-state index contributed by atoms with van der Waals surface area (Å²) in [7, 11) is 0. The summed E-state index contributed by atoms with van der Waals surface area (Å²) < 4.78 is 0. The summed E-state index contributed by atoms with van der Waals surface area (Å²) in [5.41, 5.74) is 0. The van der Waals surface area contributed by atoms with Gasteiger partial charge in [0.2, 0.25) is 5.91 Å². The molecule has 1 amide bonds. The number of nitrogens with one attached hydrogen (secondary N) is 1. The van der Waals surface area contributed by atoms with Gasteiger partial charge < -0.3 is 15.5 Å². The zero-order valence-electron chi connectivity index (χ0n) is 55.7. The summed E-state index contributed by atoms with van der Waals surface area (Å²) in [5.74, 6) is -0.0693. The normalized spacial score (nSPS) is 13.3. The minimum Gasteiger partial charge on any atom is -0.394 e. The van der Waals surface area contributed by atoms with Crippen LogP contribution in [0.25, 0.3) is 0 Å². The molecule has 0 aliphatic heterocycles. The number of aliphatic hydroxyl groups excluding tert-OH is 2. The molecule has 0 rings (SSSR count). The molecule has 482 valence electrons. The molecule has 0 saturated carbocycles. The molecule has 2 atom stereocenters. The van der Waals surface area contributed by atoms with Crippen molar-refractivity contribution in [1.29, 1.82) is 0 Å². The average molecular weight is 1160 g/mol. The van der Waals surface area contributed by atoms with E-state index in [2.05, 4.69) is 104 Å². The van der Waals surface area contributed by atoms with Gasteiger partial charge in [0.15, 0.2) is 0 Å². The van der Waals surface area contributed by atoms with E-state index in [1.807, 2.05) is 6.08 Å². The van der Waals surface area contributed by atoms with Gasteiger partial charge in [-0.05, 0) is 83.5 Å². The highest BCUT2D eigenvalue weighted by Gasteiger charge is 2.18. The van der Waals surface area contributed by atoms with Gasteiger partial charge in [0, 0.05) is 6.42 Å². The first kappa shape index (κ1) is 80.3. The molecule has 0 aromatic rings. The van der Waals surface area contributed by atoms with Crippen LogP contribution in [0.3, 0.4) is 0 Å². The molecule has 4 heteroatoms. The number of carbonyl (C=O) groups excluding carboxylic acids is 1. The van der Waals surface area contributed by atoms with Crippen molar-refractivity contribution in [3.8, 4) is 0 Å². The molecule has 0 heterocycles. The highest BCUT2D eigenvalue weighted by molar-refractivity contribution is 5.76. The van der Waals surface area contributed by atoms with Crippen molar-refractivity contribution in [3.05, 3.63) is 97.2 Å². The van der Waals surface area contributed by atoms with E-state index in [4.69, 9.17) is 0 Å². The van der Waals surface area contributed by atoms with Crippen LogP contribution < -0.4 is 5.32 Å². The minimum absolute atomic E-state index is 0.0693. The van der Waals surface area contributed by atoms with E-state index >= 15 is 0 Å². The van der Waals surface area contributed by atoms with Crippen LogP contribution in [0.5, 0.6) is 0 Å². The van der Waals surface area contributed by atoms with Gasteiger partial charge in [-0.2, -0.15) is 0 Å². The monoisotopic (exact) mass is 1150 g/mol. The van der Waals surface area contributed by atoms with Crippen LogP contribution in [0.15, 0.2) is 97.2 Å². The maximum Gasteiger partial charge on any atom is 0.220 e. The van der Waals surface area contributed by atoms with Gasteiger partial charge in [0.1, 0.15) is 0 Å². The van der Waals surface area contributed by atoms with Crippen LogP contribution >= 0.6 is 0 Å². The quantitative estimate of drug-likeness (QED) is 0.0420. The molecule has 0 aliphatic rings. The molecule has 0 radical (unpaired) electrons. The largest absolute Gasteiger partial charge is 0.394 e. The molecule has 2 unspecified atom stereocenters. The fourth-order valence-corrected chi connectivity index (χ4v) is 11.3. The van der Waals surface area contributed by atoms with Crippen molar-refractivity contribution in [1.82, 2.24) is 5.32 Å². The predicted molar refractivity (Wildman–Crippen MR) is 373 cm³/mol.